The van der Waals surface area contributed by atoms with E-state index in [2.05, 4.69) is 41.5 Å². The molecule has 0 heterocycles. The maximum absolute atomic E-state index is 2.38. The maximum atomic E-state index is 2.38. The van der Waals surface area contributed by atoms with Crippen molar-refractivity contribution in [1.82, 2.24) is 0 Å². The van der Waals surface area contributed by atoms with Crippen molar-refractivity contribution in [3.63, 3.8) is 0 Å². The van der Waals surface area contributed by atoms with Gasteiger partial charge in [0.1, 0.15) is 0 Å². The number of unbranched alkanes of at least 4 members (excludes halogenated alkanes) is 3. The van der Waals surface area contributed by atoms with E-state index in [0.29, 0.717) is 0 Å². The van der Waals surface area contributed by atoms with Gasteiger partial charge in [0.15, 0.2) is 0 Å². The van der Waals surface area contributed by atoms with Crippen LogP contribution in [0.5, 0.6) is 0 Å². The first-order valence-corrected chi connectivity index (χ1v) is 9.12. The molecule has 0 aromatic rings. The quantitative estimate of drug-likeness (QED) is 0.286. The molecule has 0 radical (unpaired) electrons. The molecular formula is C29H82. The van der Waals surface area contributed by atoms with E-state index in [1.807, 2.05) is 0 Å². The lowest BCUT2D eigenvalue weighted by Crippen LogP contribution is -1.93. The van der Waals surface area contributed by atoms with E-state index in [9.17, 15) is 0 Å². The van der Waals surface area contributed by atoms with Crippen LogP contribution in [-0.4, -0.2) is 0 Å². The van der Waals surface area contributed by atoms with Gasteiger partial charge in [0.05, 0.1) is 0 Å². The zero-order valence-electron chi connectivity index (χ0n) is 14.9. The molecule has 0 spiro atoms. The van der Waals surface area contributed by atoms with E-state index in [-0.39, 0.29) is 74.3 Å². The third-order valence-corrected chi connectivity index (χ3v) is 3.89. The standard InChI is InChI=1S/C11H24.C8H18.10CH4/c1-4-6-7-8-10-11(3)9-5-2;1-4-6-8(3)7-5-2;;;;;;;;;;/h11H,4-10H2,1-3H3;8H,4-7H2,1-3H3;10*1H4. The Morgan fingerprint density at radius 2 is 0.621 bits per heavy atom. The van der Waals surface area contributed by atoms with Crippen LogP contribution in [0.2, 0.25) is 0 Å². The van der Waals surface area contributed by atoms with Crippen LogP contribution in [0.4, 0.5) is 0 Å². The second kappa shape index (κ2) is 70.6. The van der Waals surface area contributed by atoms with Crippen LogP contribution in [-0.2, 0) is 0 Å². The van der Waals surface area contributed by atoms with Gasteiger partial charge in [0, 0.05) is 0 Å². The smallest absolute Gasteiger partial charge is 0.0443 e. The molecule has 1 unspecified atom stereocenters. The van der Waals surface area contributed by atoms with Gasteiger partial charge in [-0.3, -0.25) is 0 Å². The minimum atomic E-state index is 0. The summed E-state index contributed by atoms with van der Waals surface area (Å²) in [6.45, 7) is 13.8. The highest BCUT2D eigenvalue weighted by atomic mass is 14.0. The van der Waals surface area contributed by atoms with Crippen LogP contribution in [0.15, 0.2) is 0 Å². The summed E-state index contributed by atoms with van der Waals surface area (Å²) in [7, 11) is 0. The first kappa shape index (κ1) is 78.7. The molecule has 0 N–H and O–H groups in total. The minimum absolute atomic E-state index is 0. The highest BCUT2D eigenvalue weighted by molar-refractivity contribution is 4.52. The Labute approximate surface area is 198 Å². The van der Waals surface area contributed by atoms with E-state index >= 15 is 0 Å². The lowest BCUT2D eigenvalue weighted by Gasteiger charge is -2.08. The highest BCUT2D eigenvalue weighted by Crippen LogP contribution is 2.14. The van der Waals surface area contributed by atoms with Gasteiger partial charge in [-0.1, -0.05) is 186 Å². The first-order chi connectivity index (χ1) is 9.12. The summed E-state index contributed by atoms with van der Waals surface area (Å²) in [5, 5.41) is 0. The van der Waals surface area contributed by atoms with Gasteiger partial charge in [-0.2, -0.15) is 0 Å². The normalized spacial score (nSPS) is 7.97. The van der Waals surface area contributed by atoms with Crippen molar-refractivity contribution in [2.24, 2.45) is 11.8 Å². The largest absolute Gasteiger partial charge is 0.0776 e. The fourth-order valence-corrected chi connectivity index (χ4v) is 2.69. The van der Waals surface area contributed by atoms with Gasteiger partial charge in [0.2, 0.25) is 0 Å². The molecule has 0 saturated carbocycles. The van der Waals surface area contributed by atoms with Crippen LogP contribution < -0.4 is 0 Å². The van der Waals surface area contributed by atoms with Crippen LogP contribution in [0.1, 0.15) is 186 Å². The Hall–Kier alpha value is 0. The Morgan fingerprint density at radius 3 is 0.862 bits per heavy atom. The monoisotopic (exact) mass is 431 g/mol. The van der Waals surface area contributed by atoms with E-state index in [4.69, 9.17) is 0 Å². The van der Waals surface area contributed by atoms with Crippen LogP contribution >= 0.6 is 0 Å². The number of rotatable bonds is 11. The summed E-state index contributed by atoms with van der Waals surface area (Å²) >= 11 is 0. The van der Waals surface area contributed by atoms with E-state index < -0.39 is 0 Å². The Bertz CT molecular complexity index is 133. The molecule has 1 atom stereocenters. The second-order valence-corrected chi connectivity index (χ2v) is 6.43. The summed E-state index contributed by atoms with van der Waals surface area (Å²) in [4.78, 5) is 0. The first-order valence-electron chi connectivity index (χ1n) is 9.12. The Balaban J connectivity index is -0.0000000151. The van der Waals surface area contributed by atoms with Crippen molar-refractivity contribution in [3.8, 4) is 0 Å². The summed E-state index contributed by atoms with van der Waals surface area (Å²) in [6.07, 6.45) is 15.4. The van der Waals surface area contributed by atoms with Crippen LogP contribution in [0.25, 0.3) is 0 Å². The molecule has 0 aromatic heterocycles. The molecule has 0 amide bonds. The van der Waals surface area contributed by atoms with Crippen molar-refractivity contribution in [3.05, 3.63) is 0 Å². The fourth-order valence-electron chi connectivity index (χ4n) is 2.69. The van der Waals surface area contributed by atoms with E-state index in [1.54, 1.807) is 0 Å². The molecule has 0 rings (SSSR count). The molecule has 0 heteroatoms. The zero-order valence-corrected chi connectivity index (χ0v) is 14.9. The SMILES string of the molecule is C.C.C.C.C.C.C.C.C.C.CCCC(C)CCC.CCCCCCC(C)CCC. The van der Waals surface area contributed by atoms with Gasteiger partial charge < -0.3 is 0 Å². The Kier molecular flexibility index (Phi) is 192. The van der Waals surface area contributed by atoms with Gasteiger partial charge >= 0.3 is 0 Å². The Morgan fingerprint density at radius 1 is 0.345 bits per heavy atom. The third kappa shape index (κ3) is 84.1. The molecule has 0 aliphatic heterocycles. The molecule has 29 heavy (non-hydrogen) atoms. The van der Waals surface area contributed by atoms with E-state index in [0.717, 1.165) is 11.8 Å². The topological polar surface area (TPSA) is 0 Å². The van der Waals surface area contributed by atoms with Crippen molar-refractivity contribution >= 4 is 0 Å². The number of hydrogen-bond acceptors (Lipinski definition) is 0. The molecule has 0 bridgehead atoms. The van der Waals surface area contributed by atoms with Crippen molar-refractivity contribution in [2.75, 3.05) is 0 Å². The molecule has 0 aliphatic rings. The predicted molar refractivity (Wildman–Crippen MR) is 159 cm³/mol. The van der Waals surface area contributed by atoms with Crippen LogP contribution in [0.3, 0.4) is 0 Å². The van der Waals surface area contributed by atoms with E-state index in [1.165, 1.54) is 70.6 Å². The van der Waals surface area contributed by atoms with Crippen molar-refractivity contribution in [2.45, 2.75) is 186 Å². The molecule has 0 nitrogen and oxygen atoms in total. The van der Waals surface area contributed by atoms with Crippen molar-refractivity contribution in [1.29, 1.82) is 0 Å². The highest BCUT2D eigenvalue weighted by Gasteiger charge is 1.99. The maximum Gasteiger partial charge on any atom is -0.0443 e. The number of hydrogen-bond donors (Lipinski definition) is 0. The molecule has 198 valence electrons. The van der Waals surface area contributed by atoms with Gasteiger partial charge in [-0.15, -0.1) is 0 Å². The second-order valence-electron chi connectivity index (χ2n) is 6.43. The molecule has 0 saturated heterocycles. The molecule has 0 aliphatic carbocycles. The summed E-state index contributed by atoms with van der Waals surface area (Å²) < 4.78 is 0. The van der Waals surface area contributed by atoms with Crippen molar-refractivity contribution < 1.29 is 0 Å². The van der Waals surface area contributed by atoms with Gasteiger partial charge in [-0.05, 0) is 11.8 Å². The van der Waals surface area contributed by atoms with Crippen LogP contribution in [0, 0.1) is 11.8 Å². The third-order valence-electron chi connectivity index (χ3n) is 3.89. The predicted octanol–water partition coefficient (Wildman–Crippen LogP) is 14.0. The minimum Gasteiger partial charge on any atom is -0.0776 e. The fraction of sp³-hybridized carbons (Fsp3) is 1.00. The zero-order chi connectivity index (χ0) is 14.9. The summed E-state index contributed by atoms with van der Waals surface area (Å²) in [6, 6.07) is 0. The average molecular weight is 431 g/mol. The summed E-state index contributed by atoms with van der Waals surface area (Å²) in [5.74, 6) is 1.93. The molecule has 0 fully saturated rings. The van der Waals surface area contributed by atoms with Gasteiger partial charge in [-0.25, -0.2) is 0 Å². The lowest BCUT2D eigenvalue weighted by atomic mass is 9.98. The van der Waals surface area contributed by atoms with Gasteiger partial charge in [0.25, 0.3) is 0 Å². The molecular weight excluding hydrogens is 348 g/mol. The summed E-state index contributed by atoms with van der Waals surface area (Å²) in [5.41, 5.74) is 0. The molecule has 0 aromatic carbocycles. The lowest BCUT2D eigenvalue weighted by molar-refractivity contribution is 0.455. The average Bonchev–Trinajstić information content (AvgIpc) is 2.36.